The molecule has 0 aromatic carbocycles. The molecular formula is C10H12N2O. The lowest BCUT2D eigenvalue weighted by Crippen LogP contribution is -2.32. The summed E-state index contributed by atoms with van der Waals surface area (Å²) >= 11 is 0. The van der Waals surface area contributed by atoms with Gasteiger partial charge in [0.15, 0.2) is 0 Å². The third kappa shape index (κ3) is 0.907. The zero-order chi connectivity index (χ0) is 8.84. The Hall–Kier alpha value is -1.09. The lowest BCUT2D eigenvalue weighted by atomic mass is 9.98. The Kier molecular flexibility index (Phi) is 1.38. The summed E-state index contributed by atoms with van der Waals surface area (Å²) in [6, 6.07) is 6.01. The molecular weight excluding hydrogens is 164 g/mol. The minimum absolute atomic E-state index is 0.161. The van der Waals surface area contributed by atoms with Crippen LogP contribution in [0.3, 0.4) is 0 Å². The number of pyridine rings is 1. The standard InChI is InChI=1S/C10H12N2O/c13-10-3-1-2-9-7-4-8(12(9)10)6-11-5-7/h1-3,7-8,11H,4-6H2. The van der Waals surface area contributed by atoms with Crippen molar-refractivity contribution in [2.24, 2.45) is 0 Å². The number of hydrogen-bond donors (Lipinski definition) is 1. The zero-order valence-electron chi connectivity index (χ0n) is 7.36. The summed E-state index contributed by atoms with van der Waals surface area (Å²) in [7, 11) is 0. The van der Waals surface area contributed by atoms with E-state index < -0.39 is 0 Å². The molecule has 0 spiro atoms. The highest BCUT2D eigenvalue weighted by molar-refractivity contribution is 5.20. The lowest BCUT2D eigenvalue weighted by molar-refractivity contribution is 0.403. The molecule has 2 bridgehead atoms. The number of hydrogen-bond acceptors (Lipinski definition) is 2. The predicted molar refractivity (Wildman–Crippen MR) is 50.0 cm³/mol. The Bertz CT molecular complexity index is 396. The Morgan fingerprint density at radius 1 is 1.38 bits per heavy atom. The van der Waals surface area contributed by atoms with Gasteiger partial charge in [-0.3, -0.25) is 4.79 Å². The van der Waals surface area contributed by atoms with E-state index in [0.717, 1.165) is 19.5 Å². The SMILES string of the molecule is O=c1cccc2n1C1CNCC2C1. The third-order valence-corrected chi connectivity index (χ3v) is 3.13. The molecule has 0 aliphatic carbocycles. The van der Waals surface area contributed by atoms with Crippen LogP contribution >= 0.6 is 0 Å². The minimum atomic E-state index is 0.161. The van der Waals surface area contributed by atoms with Gasteiger partial charge < -0.3 is 9.88 Å². The van der Waals surface area contributed by atoms with E-state index in [0.29, 0.717) is 12.0 Å². The van der Waals surface area contributed by atoms with Gasteiger partial charge in [-0.05, 0) is 12.5 Å². The number of piperidine rings is 1. The normalized spacial score (nSPS) is 30.2. The number of rotatable bonds is 0. The first-order chi connectivity index (χ1) is 6.36. The molecule has 1 saturated heterocycles. The largest absolute Gasteiger partial charge is 0.314 e. The van der Waals surface area contributed by atoms with E-state index in [2.05, 4.69) is 11.4 Å². The van der Waals surface area contributed by atoms with Crippen molar-refractivity contribution in [1.82, 2.24) is 9.88 Å². The molecule has 0 amide bonds. The summed E-state index contributed by atoms with van der Waals surface area (Å²) in [4.78, 5) is 11.6. The van der Waals surface area contributed by atoms with Crippen molar-refractivity contribution in [2.75, 3.05) is 13.1 Å². The average molecular weight is 176 g/mol. The number of nitrogens with zero attached hydrogens (tertiary/aromatic N) is 1. The van der Waals surface area contributed by atoms with E-state index in [1.807, 2.05) is 10.6 Å². The van der Waals surface area contributed by atoms with Crippen LogP contribution in [0.15, 0.2) is 23.0 Å². The van der Waals surface area contributed by atoms with Crippen molar-refractivity contribution >= 4 is 0 Å². The van der Waals surface area contributed by atoms with E-state index in [1.54, 1.807) is 6.07 Å². The quantitative estimate of drug-likeness (QED) is 0.624. The van der Waals surface area contributed by atoms with Crippen molar-refractivity contribution in [1.29, 1.82) is 0 Å². The van der Waals surface area contributed by atoms with Crippen molar-refractivity contribution in [3.8, 4) is 0 Å². The van der Waals surface area contributed by atoms with Gasteiger partial charge in [0.05, 0.1) is 6.04 Å². The van der Waals surface area contributed by atoms with Gasteiger partial charge in [0.1, 0.15) is 0 Å². The Morgan fingerprint density at radius 3 is 3.23 bits per heavy atom. The van der Waals surface area contributed by atoms with Gasteiger partial charge in [-0.1, -0.05) is 6.07 Å². The maximum Gasteiger partial charge on any atom is 0.251 e. The van der Waals surface area contributed by atoms with Crippen molar-refractivity contribution in [3.05, 3.63) is 34.2 Å². The molecule has 2 aliphatic rings. The molecule has 1 aromatic rings. The molecule has 13 heavy (non-hydrogen) atoms. The Labute approximate surface area is 76.4 Å². The summed E-state index contributed by atoms with van der Waals surface area (Å²) in [5.74, 6) is 0.563. The monoisotopic (exact) mass is 176 g/mol. The third-order valence-electron chi connectivity index (χ3n) is 3.13. The summed E-state index contributed by atoms with van der Waals surface area (Å²) in [6.45, 7) is 1.98. The van der Waals surface area contributed by atoms with E-state index in [9.17, 15) is 4.79 Å². The molecule has 3 nitrogen and oxygen atoms in total. The molecule has 3 heteroatoms. The second-order valence-electron chi connectivity index (χ2n) is 3.90. The second kappa shape index (κ2) is 2.45. The molecule has 2 aliphatic heterocycles. The number of nitrogens with one attached hydrogen (secondary N) is 1. The minimum Gasteiger partial charge on any atom is -0.314 e. The Balaban J connectivity index is 2.26. The van der Waals surface area contributed by atoms with Crippen LogP contribution in [0, 0.1) is 0 Å². The van der Waals surface area contributed by atoms with Gasteiger partial charge in [0, 0.05) is 30.8 Å². The topological polar surface area (TPSA) is 34.0 Å². The molecule has 2 unspecified atom stereocenters. The number of fused-ring (bicyclic) bond motifs is 5. The van der Waals surface area contributed by atoms with Crippen LogP contribution in [-0.4, -0.2) is 17.7 Å². The fourth-order valence-corrected chi connectivity index (χ4v) is 2.58. The molecule has 1 fully saturated rings. The van der Waals surface area contributed by atoms with Crippen LogP contribution in [0.1, 0.15) is 24.1 Å². The van der Waals surface area contributed by atoms with Gasteiger partial charge >= 0.3 is 0 Å². The van der Waals surface area contributed by atoms with Crippen molar-refractivity contribution in [2.45, 2.75) is 18.4 Å². The summed E-state index contributed by atoms with van der Waals surface area (Å²) in [5.41, 5.74) is 1.39. The maximum absolute atomic E-state index is 11.6. The lowest BCUT2D eigenvalue weighted by Gasteiger charge is -2.19. The van der Waals surface area contributed by atoms with Gasteiger partial charge in [0.25, 0.3) is 5.56 Å². The number of aromatic nitrogens is 1. The van der Waals surface area contributed by atoms with Gasteiger partial charge in [-0.2, -0.15) is 0 Å². The highest BCUT2D eigenvalue weighted by Crippen LogP contribution is 2.35. The van der Waals surface area contributed by atoms with Crippen LogP contribution < -0.4 is 10.9 Å². The predicted octanol–water partition coefficient (Wildman–Crippen LogP) is 0.480. The molecule has 0 radical (unpaired) electrons. The van der Waals surface area contributed by atoms with Crippen LogP contribution in [0.4, 0.5) is 0 Å². The molecule has 0 saturated carbocycles. The van der Waals surface area contributed by atoms with Crippen LogP contribution in [0.25, 0.3) is 0 Å². The fourth-order valence-electron chi connectivity index (χ4n) is 2.58. The van der Waals surface area contributed by atoms with Crippen molar-refractivity contribution in [3.63, 3.8) is 0 Å². The molecule has 3 heterocycles. The van der Waals surface area contributed by atoms with E-state index in [-0.39, 0.29) is 5.56 Å². The molecule has 1 aromatic heterocycles. The highest BCUT2D eigenvalue weighted by Gasteiger charge is 2.33. The summed E-state index contributed by atoms with van der Waals surface area (Å²) in [5, 5.41) is 3.36. The molecule has 1 N–H and O–H groups in total. The van der Waals surface area contributed by atoms with Crippen LogP contribution in [0.5, 0.6) is 0 Å². The molecule has 3 rings (SSSR count). The maximum atomic E-state index is 11.6. The van der Waals surface area contributed by atoms with Gasteiger partial charge in [-0.25, -0.2) is 0 Å². The first kappa shape index (κ1) is 7.33. The summed E-state index contributed by atoms with van der Waals surface area (Å²) < 4.78 is 1.96. The van der Waals surface area contributed by atoms with Gasteiger partial charge in [-0.15, -0.1) is 0 Å². The second-order valence-corrected chi connectivity index (χ2v) is 3.90. The first-order valence-corrected chi connectivity index (χ1v) is 4.78. The van der Waals surface area contributed by atoms with Crippen molar-refractivity contribution < 1.29 is 0 Å². The molecule has 2 atom stereocenters. The average Bonchev–Trinajstić information content (AvgIpc) is 2.41. The molecule has 68 valence electrons. The van der Waals surface area contributed by atoms with Crippen LogP contribution in [0.2, 0.25) is 0 Å². The van der Waals surface area contributed by atoms with E-state index in [4.69, 9.17) is 0 Å². The van der Waals surface area contributed by atoms with Crippen LogP contribution in [-0.2, 0) is 0 Å². The first-order valence-electron chi connectivity index (χ1n) is 4.78. The Morgan fingerprint density at radius 2 is 2.31 bits per heavy atom. The van der Waals surface area contributed by atoms with E-state index in [1.165, 1.54) is 5.69 Å². The van der Waals surface area contributed by atoms with Gasteiger partial charge in [0.2, 0.25) is 0 Å². The highest BCUT2D eigenvalue weighted by atomic mass is 16.1. The van der Waals surface area contributed by atoms with E-state index >= 15 is 0 Å². The smallest absolute Gasteiger partial charge is 0.251 e. The fraction of sp³-hybridized carbons (Fsp3) is 0.500. The zero-order valence-corrected chi connectivity index (χ0v) is 7.36. The summed E-state index contributed by atoms with van der Waals surface area (Å²) in [6.07, 6.45) is 1.15.